The van der Waals surface area contributed by atoms with Gasteiger partial charge in [-0.1, -0.05) is 11.6 Å². The summed E-state index contributed by atoms with van der Waals surface area (Å²) in [5.74, 6) is -0.0214. The second-order valence-corrected chi connectivity index (χ2v) is 5.50. The van der Waals surface area contributed by atoms with Gasteiger partial charge in [0.15, 0.2) is 0 Å². The zero-order valence-electron chi connectivity index (χ0n) is 11.6. The van der Waals surface area contributed by atoms with Gasteiger partial charge in [0, 0.05) is 23.9 Å². The smallest absolute Gasteiger partial charge is 0.145 e. The van der Waals surface area contributed by atoms with E-state index in [1.54, 1.807) is 12.1 Å². The molecule has 0 saturated carbocycles. The largest absolute Gasteiger partial charge is 0.508 e. The molecule has 2 heterocycles. The van der Waals surface area contributed by atoms with Gasteiger partial charge < -0.3 is 14.8 Å². The minimum absolute atomic E-state index is 0.0107. The van der Waals surface area contributed by atoms with Crippen molar-refractivity contribution in [2.75, 3.05) is 0 Å². The van der Waals surface area contributed by atoms with Gasteiger partial charge in [0.05, 0.1) is 5.39 Å². The molecule has 0 atom stereocenters. The fourth-order valence-electron chi connectivity index (χ4n) is 2.41. The highest BCUT2D eigenvalue weighted by Gasteiger charge is 2.17. The van der Waals surface area contributed by atoms with Crippen LogP contribution in [0.2, 0.25) is 5.15 Å². The molecule has 3 aromatic rings. The second-order valence-electron chi connectivity index (χ2n) is 5.14. The lowest BCUT2D eigenvalue weighted by molar-refractivity contribution is 0.451. The van der Waals surface area contributed by atoms with Crippen LogP contribution in [0.1, 0.15) is 19.9 Å². The van der Waals surface area contributed by atoms with E-state index in [4.69, 9.17) is 11.6 Å². The summed E-state index contributed by atoms with van der Waals surface area (Å²) in [7, 11) is 0. The number of phenols is 2. The number of aromatic hydroxyl groups is 2. The molecule has 0 aliphatic heterocycles. The maximum atomic E-state index is 9.68. The lowest BCUT2D eigenvalue weighted by Gasteiger charge is -2.07. The quantitative estimate of drug-likeness (QED) is 0.707. The van der Waals surface area contributed by atoms with Crippen molar-refractivity contribution in [2.45, 2.75) is 19.9 Å². The van der Waals surface area contributed by atoms with Crippen molar-refractivity contribution in [3.05, 3.63) is 35.9 Å². The molecule has 0 amide bonds. The molecule has 0 bridgehead atoms. The first-order chi connectivity index (χ1) is 9.97. The third-order valence-electron chi connectivity index (χ3n) is 3.33. The number of hydrogen-bond acceptors (Lipinski definition) is 4. The van der Waals surface area contributed by atoms with Crippen molar-refractivity contribution in [3.8, 4) is 22.6 Å². The molecule has 3 rings (SSSR count). The summed E-state index contributed by atoms with van der Waals surface area (Å²) in [5.41, 5.74) is 2.16. The molecule has 0 spiro atoms. The summed E-state index contributed by atoms with van der Waals surface area (Å²) in [6.45, 7) is 4.08. The van der Waals surface area contributed by atoms with Crippen LogP contribution in [-0.2, 0) is 0 Å². The maximum absolute atomic E-state index is 9.68. The Labute approximate surface area is 126 Å². The number of phenolic OH excluding ortho intramolecular Hbond substituents is 2. The standard InChI is InChI=1S/C15H14ClN3O2/c1-8(2)19-6-12(9-3-10(20)5-11(21)4-9)13-14(16)17-7-18-15(13)19/h3-8,20-21H,1-2H3. The number of rotatable bonds is 2. The average Bonchev–Trinajstić information content (AvgIpc) is 2.78. The fourth-order valence-corrected chi connectivity index (χ4v) is 2.64. The summed E-state index contributed by atoms with van der Waals surface area (Å²) in [5, 5.41) is 20.4. The zero-order chi connectivity index (χ0) is 15.1. The van der Waals surface area contributed by atoms with Crippen molar-refractivity contribution >= 4 is 22.6 Å². The van der Waals surface area contributed by atoms with Crippen LogP contribution < -0.4 is 0 Å². The van der Waals surface area contributed by atoms with E-state index in [-0.39, 0.29) is 17.5 Å². The van der Waals surface area contributed by atoms with Crippen LogP contribution in [0, 0.1) is 0 Å². The van der Waals surface area contributed by atoms with E-state index < -0.39 is 0 Å². The first-order valence-electron chi connectivity index (χ1n) is 6.52. The number of fused-ring (bicyclic) bond motifs is 1. The van der Waals surface area contributed by atoms with E-state index in [0.717, 1.165) is 11.2 Å². The molecule has 0 aliphatic rings. The molecule has 0 fully saturated rings. The molecule has 5 nitrogen and oxygen atoms in total. The SMILES string of the molecule is CC(C)n1cc(-c2cc(O)cc(O)c2)c2c(Cl)ncnc21. The zero-order valence-corrected chi connectivity index (χ0v) is 12.3. The number of halogens is 1. The average molecular weight is 304 g/mol. The molecule has 1 aromatic carbocycles. The number of hydrogen-bond donors (Lipinski definition) is 2. The summed E-state index contributed by atoms with van der Waals surface area (Å²) in [4.78, 5) is 8.32. The molecule has 0 radical (unpaired) electrons. The molecule has 2 aromatic heterocycles. The summed E-state index contributed by atoms with van der Waals surface area (Å²) < 4.78 is 1.99. The van der Waals surface area contributed by atoms with Gasteiger partial charge in [-0.25, -0.2) is 9.97 Å². The van der Waals surface area contributed by atoms with Gasteiger partial charge in [-0.05, 0) is 31.5 Å². The molecule has 21 heavy (non-hydrogen) atoms. The molecule has 0 saturated heterocycles. The Morgan fingerprint density at radius 3 is 2.38 bits per heavy atom. The molecule has 6 heteroatoms. The van der Waals surface area contributed by atoms with Gasteiger partial charge >= 0.3 is 0 Å². The van der Waals surface area contributed by atoms with Gasteiger partial charge in [-0.3, -0.25) is 0 Å². The topological polar surface area (TPSA) is 71.2 Å². The summed E-state index contributed by atoms with van der Waals surface area (Å²) >= 11 is 6.22. The molecule has 108 valence electrons. The maximum Gasteiger partial charge on any atom is 0.145 e. The Morgan fingerprint density at radius 1 is 1.10 bits per heavy atom. The van der Waals surface area contributed by atoms with E-state index in [9.17, 15) is 10.2 Å². The fraction of sp³-hybridized carbons (Fsp3) is 0.200. The highest BCUT2D eigenvalue weighted by atomic mass is 35.5. The Bertz CT molecular complexity index is 807. The van der Waals surface area contributed by atoms with Crippen molar-refractivity contribution in [2.24, 2.45) is 0 Å². The molecular weight excluding hydrogens is 290 g/mol. The third-order valence-corrected chi connectivity index (χ3v) is 3.62. The van der Waals surface area contributed by atoms with Gasteiger partial charge in [0.25, 0.3) is 0 Å². The van der Waals surface area contributed by atoms with Crippen LogP contribution in [0.4, 0.5) is 0 Å². The summed E-state index contributed by atoms with van der Waals surface area (Å²) in [6, 6.07) is 4.62. The van der Waals surface area contributed by atoms with E-state index in [1.165, 1.54) is 12.4 Å². The minimum atomic E-state index is -0.0107. The number of benzene rings is 1. The lowest BCUT2D eigenvalue weighted by atomic mass is 10.1. The van der Waals surface area contributed by atoms with Crippen LogP contribution in [0.15, 0.2) is 30.7 Å². The van der Waals surface area contributed by atoms with E-state index in [1.807, 2.05) is 24.6 Å². The van der Waals surface area contributed by atoms with Crippen LogP contribution in [-0.4, -0.2) is 24.7 Å². The van der Waals surface area contributed by atoms with E-state index in [2.05, 4.69) is 9.97 Å². The van der Waals surface area contributed by atoms with Crippen LogP contribution in [0.5, 0.6) is 11.5 Å². The first kappa shape index (κ1) is 13.7. The van der Waals surface area contributed by atoms with E-state index in [0.29, 0.717) is 16.1 Å². The Kier molecular flexibility index (Phi) is 3.22. The Morgan fingerprint density at radius 2 is 1.76 bits per heavy atom. The number of aromatic nitrogens is 3. The van der Waals surface area contributed by atoms with Crippen molar-refractivity contribution in [1.82, 2.24) is 14.5 Å². The lowest BCUT2D eigenvalue weighted by Crippen LogP contribution is -1.99. The molecule has 0 unspecified atom stereocenters. The predicted octanol–water partition coefficient (Wildman–Crippen LogP) is 3.74. The van der Waals surface area contributed by atoms with Gasteiger partial charge in [-0.15, -0.1) is 0 Å². The second kappa shape index (κ2) is 4.93. The van der Waals surface area contributed by atoms with Crippen LogP contribution in [0.3, 0.4) is 0 Å². The molecule has 2 N–H and O–H groups in total. The van der Waals surface area contributed by atoms with Crippen molar-refractivity contribution in [3.63, 3.8) is 0 Å². The highest BCUT2D eigenvalue weighted by Crippen LogP contribution is 2.37. The minimum Gasteiger partial charge on any atom is -0.508 e. The van der Waals surface area contributed by atoms with Gasteiger partial charge in [-0.2, -0.15) is 0 Å². The monoisotopic (exact) mass is 303 g/mol. The van der Waals surface area contributed by atoms with Crippen LogP contribution in [0.25, 0.3) is 22.2 Å². The Balaban J connectivity index is 2.37. The van der Waals surface area contributed by atoms with Crippen LogP contribution >= 0.6 is 11.6 Å². The normalized spacial score (nSPS) is 11.4. The molecule has 0 aliphatic carbocycles. The molecular formula is C15H14ClN3O2. The first-order valence-corrected chi connectivity index (χ1v) is 6.89. The number of nitrogens with zero attached hydrogens (tertiary/aromatic N) is 3. The van der Waals surface area contributed by atoms with Crippen molar-refractivity contribution < 1.29 is 10.2 Å². The van der Waals surface area contributed by atoms with Gasteiger partial charge in [0.2, 0.25) is 0 Å². The van der Waals surface area contributed by atoms with E-state index >= 15 is 0 Å². The Hall–Kier alpha value is -2.27. The highest BCUT2D eigenvalue weighted by molar-refractivity contribution is 6.35. The summed E-state index contributed by atoms with van der Waals surface area (Å²) in [6.07, 6.45) is 3.33. The predicted molar refractivity (Wildman–Crippen MR) is 81.7 cm³/mol. The third kappa shape index (κ3) is 2.29. The van der Waals surface area contributed by atoms with Gasteiger partial charge in [0.1, 0.15) is 28.6 Å². The van der Waals surface area contributed by atoms with Crippen molar-refractivity contribution in [1.29, 1.82) is 0 Å².